The van der Waals surface area contributed by atoms with Crippen LogP contribution in [0.25, 0.3) is 0 Å². The minimum absolute atomic E-state index is 0.0913. The molecule has 96 valence electrons. The summed E-state index contributed by atoms with van der Waals surface area (Å²) >= 11 is 3.10. The molecule has 0 aliphatic carbocycles. The van der Waals surface area contributed by atoms with Gasteiger partial charge in [0.05, 0.1) is 5.56 Å². The predicted octanol–water partition coefficient (Wildman–Crippen LogP) is 2.28. The first-order chi connectivity index (χ1) is 8.50. The number of nitrogens with zero attached hydrogens (tertiary/aromatic N) is 1. The summed E-state index contributed by atoms with van der Waals surface area (Å²) in [4.78, 5) is 24.3. The zero-order chi connectivity index (χ0) is 13.3. The number of halogens is 2. The summed E-state index contributed by atoms with van der Waals surface area (Å²) in [7, 11) is 0. The SMILES string of the molecule is O=C(O)[C@@H]1CCCN1C(=O)c1ccc(Br)cc1F. The van der Waals surface area contributed by atoms with Gasteiger partial charge in [0.1, 0.15) is 11.9 Å². The Labute approximate surface area is 112 Å². The molecule has 0 unspecified atom stereocenters. The Kier molecular flexibility index (Phi) is 3.65. The van der Waals surface area contributed by atoms with Crippen molar-refractivity contribution in [3.8, 4) is 0 Å². The molecule has 2 rings (SSSR count). The van der Waals surface area contributed by atoms with E-state index in [0.717, 1.165) is 0 Å². The molecule has 1 aliphatic heterocycles. The smallest absolute Gasteiger partial charge is 0.326 e. The first-order valence-corrected chi connectivity index (χ1v) is 6.29. The third kappa shape index (κ3) is 2.38. The van der Waals surface area contributed by atoms with E-state index in [9.17, 15) is 14.0 Å². The molecule has 1 N–H and O–H groups in total. The van der Waals surface area contributed by atoms with Crippen LogP contribution < -0.4 is 0 Å². The van der Waals surface area contributed by atoms with Gasteiger partial charge >= 0.3 is 5.97 Å². The number of likely N-dealkylation sites (tertiary alicyclic amines) is 1. The minimum atomic E-state index is -1.04. The Bertz CT molecular complexity index is 506. The largest absolute Gasteiger partial charge is 0.480 e. The Morgan fingerprint density at radius 1 is 1.44 bits per heavy atom. The zero-order valence-electron chi connectivity index (χ0n) is 9.40. The number of hydrogen-bond donors (Lipinski definition) is 1. The van der Waals surface area contributed by atoms with Gasteiger partial charge in [-0.2, -0.15) is 0 Å². The fourth-order valence-corrected chi connectivity index (χ4v) is 2.42. The lowest BCUT2D eigenvalue weighted by atomic mass is 10.1. The van der Waals surface area contributed by atoms with Crippen molar-refractivity contribution in [3.05, 3.63) is 34.1 Å². The normalized spacial score (nSPS) is 19.0. The number of aliphatic carboxylic acids is 1. The summed E-state index contributed by atoms with van der Waals surface area (Å²) in [5, 5.41) is 9.00. The van der Waals surface area contributed by atoms with E-state index >= 15 is 0 Å². The number of amides is 1. The topological polar surface area (TPSA) is 57.6 Å². The maximum atomic E-state index is 13.7. The average molecular weight is 316 g/mol. The highest BCUT2D eigenvalue weighted by Gasteiger charge is 2.35. The molecule has 6 heteroatoms. The molecule has 1 amide bonds. The molecule has 0 saturated carbocycles. The first kappa shape index (κ1) is 13.0. The molecule has 1 aliphatic rings. The van der Waals surface area contributed by atoms with Crippen LogP contribution in [0.5, 0.6) is 0 Å². The van der Waals surface area contributed by atoms with E-state index in [1.165, 1.54) is 17.0 Å². The lowest BCUT2D eigenvalue weighted by molar-refractivity contribution is -0.141. The van der Waals surface area contributed by atoms with Crippen LogP contribution in [-0.2, 0) is 4.79 Å². The van der Waals surface area contributed by atoms with Crippen molar-refractivity contribution in [2.24, 2.45) is 0 Å². The van der Waals surface area contributed by atoms with E-state index in [4.69, 9.17) is 5.11 Å². The van der Waals surface area contributed by atoms with Crippen LogP contribution in [0.1, 0.15) is 23.2 Å². The maximum absolute atomic E-state index is 13.7. The lowest BCUT2D eigenvalue weighted by Gasteiger charge is -2.21. The van der Waals surface area contributed by atoms with Gasteiger partial charge < -0.3 is 10.0 Å². The first-order valence-electron chi connectivity index (χ1n) is 5.49. The monoisotopic (exact) mass is 315 g/mol. The Morgan fingerprint density at radius 2 is 2.17 bits per heavy atom. The standard InChI is InChI=1S/C12H11BrFNO3/c13-7-3-4-8(9(14)6-7)11(16)15-5-1-2-10(15)12(17)18/h3-4,6,10H,1-2,5H2,(H,17,18)/t10-/m0/s1. The van der Waals surface area contributed by atoms with Gasteiger partial charge in [-0.15, -0.1) is 0 Å². The third-order valence-corrected chi connectivity index (χ3v) is 3.45. The van der Waals surface area contributed by atoms with E-state index < -0.39 is 23.7 Å². The highest BCUT2D eigenvalue weighted by atomic mass is 79.9. The lowest BCUT2D eigenvalue weighted by Crippen LogP contribution is -2.40. The number of carbonyl (C=O) groups is 2. The van der Waals surface area contributed by atoms with Crippen molar-refractivity contribution >= 4 is 27.8 Å². The molecule has 1 saturated heterocycles. The number of carboxylic acid groups (broad SMARTS) is 1. The van der Waals surface area contributed by atoms with Crippen molar-refractivity contribution in [2.75, 3.05) is 6.54 Å². The van der Waals surface area contributed by atoms with Gasteiger partial charge in [0.2, 0.25) is 0 Å². The van der Waals surface area contributed by atoms with Crippen LogP contribution >= 0.6 is 15.9 Å². The van der Waals surface area contributed by atoms with Gasteiger partial charge in [-0.25, -0.2) is 9.18 Å². The third-order valence-electron chi connectivity index (χ3n) is 2.96. The number of carboxylic acids is 1. The van der Waals surface area contributed by atoms with Crippen molar-refractivity contribution < 1.29 is 19.1 Å². The average Bonchev–Trinajstić information content (AvgIpc) is 2.77. The quantitative estimate of drug-likeness (QED) is 0.911. The van der Waals surface area contributed by atoms with Crippen LogP contribution in [0.2, 0.25) is 0 Å². The Balaban J connectivity index is 2.28. The van der Waals surface area contributed by atoms with Crippen LogP contribution in [0, 0.1) is 5.82 Å². The second-order valence-corrected chi connectivity index (χ2v) is 5.03. The summed E-state index contributed by atoms with van der Waals surface area (Å²) in [5.74, 6) is -2.26. The molecular formula is C12H11BrFNO3. The summed E-state index contributed by atoms with van der Waals surface area (Å²) < 4.78 is 14.2. The molecule has 0 radical (unpaired) electrons. The van der Waals surface area contributed by atoms with Crippen molar-refractivity contribution in [1.29, 1.82) is 0 Å². The summed E-state index contributed by atoms with van der Waals surface area (Å²) in [5.41, 5.74) is -0.0913. The molecule has 18 heavy (non-hydrogen) atoms. The maximum Gasteiger partial charge on any atom is 0.326 e. The fourth-order valence-electron chi connectivity index (χ4n) is 2.08. The fraction of sp³-hybridized carbons (Fsp3) is 0.333. The molecule has 1 aromatic carbocycles. The Morgan fingerprint density at radius 3 is 2.78 bits per heavy atom. The van der Waals surface area contributed by atoms with Crippen LogP contribution in [0.3, 0.4) is 0 Å². The van der Waals surface area contributed by atoms with E-state index in [2.05, 4.69) is 15.9 Å². The van der Waals surface area contributed by atoms with Crippen molar-refractivity contribution in [1.82, 2.24) is 4.90 Å². The molecule has 1 aromatic rings. The molecule has 1 atom stereocenters. The van der Waals surface area contributed by atoms with Gasteiger partial charge in [0.15, 0.2) is 0 Å². The summed E-state index contributed by atoms with van der Waals surface area (Å²) in [6.07, 6.45) is 1.04. The second-order valence-electron chi connectivity index (χ2n) is 4.12. The molecular weight excluding hydrogens is 305 g/mol. The zero-order valence-corrected chi connectivity index (χ0v) is 11.0. The van der Waals surface area contributed by atoms with Crippen LogP contribution in [0.15, 0.2) is 22.7 Å². The summed E-state index contributed by atoms with van der Waals surface area (Å²) in [6, 6.07) is 3.26. The van der Waals surface area contributed by atoms with E-state index in [1.54, 1.807) is 6.07 Å². The molecule has 1 heterocycles. The highest BCUT2D eigenvalue weighted by Crippen LogP contribution is 2.23. The van der Waals surface area contributed by atoms with E-state index in [1.807, 2.05) is 0 Å². The molecule has 1 fully saturated rings. The number of hydrogen-bond acceptors (Lipinski definition) is 2. The van der Waals surface area contributed by atoms with E-state index in [-0.39, 0.29) is 5.56 Å². The van der Waals surface area contributed by atoms with Crippen LogP contribution in [-0.4, -0.2) is 34.5 Å². The van der Waals surface area contributed by atoms with Gasteiger partial charge in [0.25, 0.3) is 5.91 Å². The molecule has 0 bridgehead atoms. The van der Waals surface area contributed by atoms with Gasteiger partial charge in [0, 0.05) is 11.0 Å². The number of rotatable bonds is 2. The molecule has 0 aromatic heterocycles. The van der Waals surface area contributed by atoms with E-state index in [0.29, 0.717) is 23.9 Å². The molecule has 4 nitrogen and oxygen atoms in total. The predicted molar refractivity (Wildman–Crippen MR) is 65.8 cm³/mol. The molecule has 0 spiro atoms. The number of carbonyl (C=O) groups excluding carboxylic acids is 1. The van der Waals surface area contributed by atoms with Crippen molar-refractivity contribution in [3.63, 3.8) is 0 Å². The Hall–Kier alpha value is -1.43. The van der Waals surface area contributed by atoms with Gasteiger partial charge in [-0.05, 0) is 31.0 Å². The van der Waals surface area contributed by atoms with Crippen molar-refractivity contribution in [2.45, 2.75) is 18.9 Å². The second kappa shape index (κ2) is 5.06. The van der Waals surface area contributed by atoms with Crippen LogP contribution in [0.4, 0.5) is 4.39 Å². The van der Waals surface area contributed by atoms with Gasteiger partial charge in [-0.3, -0.25) is 4.79 Å². The summed E-state index contributed by atoms with van der Waals surface area (Å²) in [6.45, 7) is 0.352. The van der Waals surface area contributed by atoms with Gasteiger partial charge in [-0.1, -0.05) is 15.9 Å². The highest BCUT2D eigenvalue weighted by molar-refractivity contribution is 9.10. The number of benzene rings is 1. The minimum Gasteiger partial charge on any atom is -0.480 e.